The second-order valence-electron chi connectivity index (χ2n) is 6.63. The van der Waals surface area contributed by atoms with Gasteiger partial charge in [0.05, 0.1) is 5.52 Å². The van der Waals surface area contributed by atoms with Gasteiger partial charge in [-0.3, -0.25) is 0 Å². The van der Waals surface area contributed by atoms with Crippen LogP contribution in [0.2, 0.25) is 0 Å². The molecule has 1 aromatic heterocycles. The Morgan fingerprint density at radius 1 is 1.15 bits per heavy atom. The Balaban J connectivity index is 1.42. The van der Waals surface area contributed by atoms with Crippen LogP contribution in [0.3, 0.4) is 0 Å². The van der Waals surface area contributed by atoms with E-state index in [1.165, 1.54) is 0 Å². The number of anilines is 2. The van der Waals surface area contributed by atoms with Gasteiger partial charge in [-0.2, -0.15) is 0 Å². The van der Waals surface area contributed by atoms with E-state index in [-0.39, 0.29) is 6.10 Å². The van der Waals surface area contributed by atoms with Crippen LogP contribution in [0.5, 0.6) is 5.75 Å². The lowest BCUT2D eigenvalue weighted by atomic mass is 10.1. The van der Waals surface area contributed by atoms with Gasteiger partial charge >= 0.3 is 0 Å². The van der Waals surface area contributed by atoms with E-state index in [4.69, 9.17) is 4.74 Å². The molecule has 1 N–H and O–H groups in total. The van der Waals surface area contributed by atoms with E-state index in [0.717, 1.165) is 23.1 Å². The lowest BCUT2D eigenvalue weighted by Gasteiger charge is -2.32. The van der Waals surface area contributed by atoms with E-state index in [1.807, 2.05) is 60.5 Å². The number of para-hydroxylation sites is 1. The van der Waals surface area contributed by atoms with E-state index in [2.05, 4.69) is 15.3 Å². The number of nitrogens with zero attached hydrogens (tertiary/aromatic N) is 3. The summed E-state index contributed by atoms with van der Waals surface area (Å²) in [6.45, 7) is 1.27. The molecule has 0 saturated carbocycles. The monoisotopic (exact) mass is 352 g/mol. The molecule has 5 nitrogen and oxygen atoms in total. The highest BCUT2D eigenvalue weighted by Crippen LogP contribution is 2.23. The molecule has 3 aromatic rings. The summed E-state index contributed by atoms with van der Waals surface area (Å²) in [5.41, 5.74) is 1.74. The fourth-order valence-corrected chi connectivity index (χ4v) is 3.12. The molecular weight excluding hydrogens is 331 g/mol. The number of hydrogen-bond acceptors (Lipinski definition) is 5. The summed E-state index contributed by atoms with van der Waals surface area (Å²) in [5.74, 6) is 1.21. The average Bonchev–Trinajstić information content (AvgIpc) is 2.65. The Labute approximate surface area is 151 Å². The predicted octanol–water partition coefficient (Wildman–Crippen LogP) is 3.79. The quantitative estimate of drug-likeness (QED) is 0.774. The van der Waals surface area contributed by atoms with Crippen molar-refractivity contribution in [2.45, 2.75) is 18.7 Å². The van der Waals surface area contributed by atoms with Gasteiger partial charge in [-0.15, -0.1) is 0 Å². The Morgan fingerprint density at radius 2 is 1.96 bits per heavy atom. The minimum absolute atomic E-state index is 0.381. The number of nitrogens with one attached hydrogen (secondary N) is 1. The highest BCUT2D eigenvalue weighted by Gasteiger charge is 2.29. The van der Waals surface area contributed by atoms with Crippen LogP contribution < -0.4 is 10.1 Å². The predicted molar refractivity (Wildman–Crippen MR) is 101 cm³/mol. The molecule has 0 bridgehead atoms. The number of rotatable bonds is 4. The minimum Gasteiger partial charge on any atom is -0.487 e. The molecule has 2 aromatic carbocycles. The van der Waals surface area contributed by atoms with Crippen LogP contribution in [0.15, 0.2) is 54.7 Å². The van der Waals surface area contributed by atoms with Crippen molar-refractivity contribution in [2.24, 2.45) is 0 Å². The number of hydrogen-bond donors (Lipinski definition) is 1. The largest absolute Gasteiger partial charge is 0.487 e. The summed E-state index contributed by atoms with van der Waals surface area (Å²) in [6.07, 6.45) is 1.15. The van der Waals surface area contributed by atoms with Gasteiger partial charge in [-0.1, -0.05) is 18.2 Å². The normalized spacial score (nSPS) is 20.8. The average molecular weight is 352 g/mol. The molecule has 4 rings (SSSR count). The van der Waals surface area contributed by atoms with Gasteiger partial charge in [0.15, 0.2) is 0 Å². The second-order valence-corrected chi connectivity index (χ2v) is 6.63. The fraction of sp³-hybridized carbons (Fsp3) is 0.300. The molecule has 2 atom stereocenters. The highest BCUT2D eigenvalue weighted by atomic mass is 19.1. The number of benzene rings is 2. The van der Waals surface area contributed by atoms with Crippen LogP contribution in [-0.4, -0.2) is 47.3 Å². The molecule has 0 amide bonds. The molecule has 2 unspecified atom stereocenters. The van der Waals surface area contributed by atoms with Crippen molar-refractivity contribution in [1.82, 2.24) is 14.9 Å². The zero-order valence-electron chi connectivity index (χ0n) is 14.6. The van der Waals surface area contributed by atoms with Gasteiger partial charge in [0.2, 0.25) is 5.95 Å². The molecule has 2 heterocycles. The van der Waals surface area contributed by atoms with Crippen molar-refractivity contribution in [1.29, 1.82) is 0 Å². The second kappa shape index (κ2) is 7.25. The number of aromatic nitrogens is 2. The van der Waals surface area contributed by atoms with Gasteiger partial charge in [-0.05, 0) is 43.8 Å². The van der Waals surface area contributed by atoms with Crippen LogP contribution in [0, 0.1) is 0 Å². The number of piperidine rings is 1. The third-order valence-electron chi connectivity index (χ3n) is 4.57. The standard InChI is InChI=1S/C20H21FN4O/c1-25-11-10-19(17(21)13-25)26-16-8-6-15(7-9-16)23-20-22-12-14-4-2-3-5-18(14)24-20/h2-9,12,17,19H,10-11,13H2,1H3,(H,22,23,24). The molecule has 0 spiro atoms. The number of ether oxygens (including phenoxy) is 1. The number of likely N-dealkylation sites (tertiary alicyclic amines) is 1. The highest BCUT2D eigenvalue weighted by molar-refractivity contribution is 5.78. The smallest absolute Gasteiger partial charge is 0.227 e. The summed E-state index contributed by atoms with van der Waals surface area (Å²) in [6, 6.07) is 15.3. The van der Waals surface area contributed by atoms with Gasteiger partial charge in [0.1, 0.15) is 18.0 Å². The van der Waals surface area contributed by atoms with Crippen LogP contribution in [0.4, 0.5) is 16.0 Å². The lowest BCUT2D eigenvalue weighted by Crippen LogP contribution is -2.45. The molecule has 0 aliphatic carbocycles. The first-order valence-corrected chi connectivity index (χ1v) is 8.75. The Morgan fingerprint density at radius 3 is 2.77 bits per heavy atom. The van der Waals surface area contributed by atoms with E-state index in [1.54, 1.807) is 6.20 Å². The van der Waals surface area contributed by atoms with E-state index in [9.17, 15) is 4.39 Å². The Kier molecular flexibility index (Phi) is 4.67. The minimum atomic E-state index is -0.961. The summed E-state index contributed by atoms with van der Waals surface area (Å²) in [7, 11) is 1.93. The maximum Gasteiger partial charge on any atom is 0.227 e. The number of alkyl halides is 1. The van der Waals surface area contributed by atoms with Crippen molar-refractivity contribution in [3.05, 3.63) is 54.7 Å². The first-order chi connectivity index (χ1) is 12.7. The van der Waals surface area contributed by atoms with Crippen LogP contribution >= 0.6 is 0 Å². The van der Waals surface area contributed by atoms with Gasteiger partial charge in [0.25, 0.3) is 0 Å². The van der Waals surface area contributed by atoms with Gasteiger partial charge in [0, 0.05) is 30.4 Å². The van der Waals surface area contributed by atoms with E-state index in [0.29, 0.717) is 24.7 Å². The SMILES string of the molecule is CN1CCC(Oc2ccc(Nc3ncc4ccccc4n3)cc2)C(F)C1. The van der Waals surface area contributed by atoms with Crippen molar-refractivity contribution >= 4 is 22.5 Å². The molecule has 6 heteroatoms. The maximum absolute atomic E-state index is 14.1. The summed E-state index contributed by atoms with van der Waals surface area (Å²) >= 11 is 0. The zero-order chi connectivity index (χ0) is 17.9. The third-order valence-corrected chi connectivity index (χ3v) is 4.57. The molecule has 134 valence electrons. The first-order valence-electron chi connectivity index (χ1n) is 8.75. The molecule has 26 heavy (non-hydrogen) atoms. The fourth-order valence-electron chi connectivity index (χ4n) is 3.12. The van der Waals surface area contributed by atoms with Crippen molar-refractivity contribution in [2.75, 3.05) is 25.5 Å². The zero-order valence-corrected chi connectivity index (χ0v) is 14.6. The molecule has 1 aliphatic heterocycles. The Hall–Kier alpha value is -2.73. The Bertz CT molecular complexity index is 886. The van der Waals surface area contributed by atoms with Crippen molar-refractivity contribution in [3.63, 3.8) is 0 Å². The van der Waals surface area contributed by atoms with Crippen molar-refractivity contribution < 1.29 is 9.13 Å². The van der Waals surface area contributed by atoms with E-state index < -0.39 is 6.17 Å². The third kappa shape index (κ3) is 3.75. The van der Waals surface area contributed by atoms with Crippen LogP contribution in [0.1, 0.15) is 6.42 Å². The molecule has 0 radical (unpaired) electrons. The number of fused-ring (bicyclic) bond motifs is 1. The number of halogens is 1. The van der Waals surface area contributed by atoms with Crippen LogP contribution in [-0.2, 0) is 0 Å². The molecular formula is C20H21FN4O. The van der Waals surface area contributed by atoms with Gasteiger partial charge in [-0.25, -0.2) is 14.4 Å². The van der Waals surface area contributed by atoms with Crippen LogP contribution in [0.25, 0.3) is 10.9 Å². The summed E-state index contributed by atoms with van der Waals surface area (Å²) in [4.78, 5) is 10.8. The molecule has 1 fully saturated rings. The summed E-state index contributed by atoms with van der Waals surface area (Å²) in [5, 5.41) is 4.18. The topological polar surface area (TPSA) is 50.3 Å². The molecule has 1 saturated heterocycles. The molecule has 1 aliphatic rings. The first kappa shape index (κ1) is 16.7. The van der Waals surface area contributed by atoms with Crippen molar-refractivity contribution in [3.8, 4) is 5.75 Å². The summed E-state index contributed by atoms with van der Waals surface area (Å²) < 4.78 is 19.9. The van der Waals surface area contributed by atoms with Gasteiger partial charge < -0.3 is 15.0 Å². The maximum atomic E-state index is 14.1. The lowest BCUT2D eigenvalue weighted by molar-refractivity contribution is 0.0313. The van der Waals surface area contributed by atoms with E-state index >= 15 is 0 Å².